The Morgan fingerprint density at radius 3 is 2.75 bits per heavy atom. The first kappa shape index (κ1) is 18.1. The van der Waals surface area contributed by atoms with E-state index in [0.29, 0.717) is 11.4 Å². The van der Waals surface area contributed by atoms with E-state index in [1.165, 1.54) is 12.5 Å². The maximum atomic E-state index is 13.3. The van der Waals surface area contributed by atoms with Crippen LogP contribution in [0.3, 0.4) is 0 Å². The average molecular weight is 386 g/mol. The SMILES string of the molecule is O=C(Nc1cn(Cc2cc(F)c(F)c(F)c2)cn1)c1ccc2c(c1)CCCN2. The average Bonchev–Trinajstić information content (AvgIpc) is 3.12. The van der Waals surface area contributed by atoms with Crippen LogP contribution in [-0.2, 0) is 13.0 Å². The van der Waals surface area contributed by atoms with E-state index in [0.717, 1.165) is 42.8 Å². The number of fused-ring (bicyclic) bond motifs is 1. The minimum absolute atomic E-state index is 0.0848. The van der Waals surface area contributed by atoms with Crippen molar-refractivity contribution >= 4 is 17.4 Å². The third-order valence-corrected chi connectivity index (χ3v) is 4.59. The zero-order valence-electron chi connectivity index (χ0n) is 14.8. The molecule has 144 valence electrons. The number of amides is 1. The quantitative estimate of drug-likeness (QED) is 0.668. The van der Waals surface area contributed by atoms with Crippen LogP contribution in [0.25, 0.3) is 0 Å². The molecule has 0 aliphatic carbocycles. The predicted octanol–water partition coefficient (Wildman–Crippen LogP) is 3.96. The molecule has 0 radical (unpaired) electrons. The molecule has 2 N–H and O–H groups in total. The number of anilines is 2. The second-order valence-corrected chi connectivity index (χ2v) is 6.66. The van der Waals surface area contributed by atoms with Gasteiger partial charge < -0.3 is 15.2 Å². The monoisotopic (exact) mass is 386 g/mol. The molecule has 0 fully saturated rings. The Balaban J connectivity index is 1.45. The number of nitrogens with one attached hydrogen (secondary N) is 2. The van der Waals surface area contributed by atoms with Crippen molar-refractivity contribution in [3.8, 4) is 0 Å². The molecule has 0 spiro atoms. The molecule has 28 heavy (non-hydrogen) atoms. The van der Waals surface area contributed by atoms with Crippen LogP contribution in [0.4, 0.5) is 24.7 Å². The fraction of sp³-hybridized carbons (Fsp3) is 0.200. The highest BCUT2D eigenvalue weighted by atomic mass is 19.2. The van der Waals surface area contributed by atoms with Crippen LogP contribution in [0.15, 0.2) is 42.9 Å². The summed E-state index contributed by atoms with van der Waals surface area (Å²) in [5.41, 5.74) is 2.92. The Morgan fingerprint density at radius 2 is 1.96 bits per heavy atom. The summed E-state index contributed by atoms with van der Waals surface area (Å²) in [5, 5.41) is 6.00. The van der Waals surface area contributed by atoms with Gasteiger partial charge in [-0.3, -0.25) is 4.79 Å². The summed E-state index contributed by atoms with van der Waals surface area (Å²) in [6, 6.07) is 7.35. The smallest absolute Gasteiger partial charge is 0.256 e. The first-order valence-corrected chi connectivity index (χ1v) is 8.83. The van der Waals surface area contributed by atoms with Crippen molar-refractivity contribution in [3.63, 3.8) is 0 Å². The van der Waals surface area contributed by atoms with E-state index in [1.54, 1.807) is 10.6 Å². The molecule has 1 aliphatic rings. The van der Waals surface area contributed by atoms with Crippen molar-refractivity contribution in [1.82, 2.24) is 9.55 Å². The Kier molecular flexibility index (Phi) is 4.77. The number of hydrogen-bond donors (Lipinski definition) is 2. The summed E-state index contributed by atoms with van der Waals surface area (Å²) in [7, 11) is 0. The summed E-state index contributed by atoms with van der Waals surface area (Å²) in [6.07, 6.45) is 4.90. The fourth-order valence-electron chi connectivity index (χ4n) is 3.23. The zero-order valence-corrected chi connectivity index (χ0v) is 14.8. The summed E-state index contributed by atoms with van der Waals surface area (Å²) >= 11 is 0. The summed E-state index contributed by atoms with van der Waals surface area (Å²) in [6.45, 7) is 1.01. The van der Waals surface area contributed by atoms with Gasteiger partial charge in [0.15, 0.2) is 23.3 Å². The molecule has 5 nitrogen and oxygen atoms in total. The molecule has 1 aromatic heterocycles. The van der Waals surface area contributed by atoms with Gasteiger partial charge in [0.2, 0.25) is 0 Å². The first-order chi connectivity index (χ1) is 13.5. The van der Waals surface area contributed by atoms with Gasteiger partial charge >= 0.3 is 0 Å². The lowest BCUT2D eigenvalue weighted by Gasteiger charge is -2.18. The Morgan fingerprint density at radius 1 is 1.18 bits per heavy atom. The minimum Gasteiger partial charge on any atom is -0.385 e. The van der Waals surface area contributed by atoms with Gasteiger partial charge in [0.25, 0.3) is 5.91 Å². The molecule has 8 heteroatoms. The second-order valence-electron chi connectivity index (χ2n) is 6.66. The van der Waals surface area contributed by atoms with Gasteiger partial charge in [-0.15, -0.1) is 0 Å². The molecular weight excluding hydrogens is 369 g/mol. The third-order valence-electron chi connectivity index (χ3n) is 4.59. The number of benzene rings is 2. The van der Waals surface area contributed by atoms with Crippen molar-refractivity contribution in [1.29, 1.82) is 0 Å². The first-order valence-electron chi connectivity index (χ1n) is 8.83. The number of hydrogen-bond acceptors (Lipinski definition) is 3. The van der Waals surface area contributed by atoms with Crippen LogP contribution < -0.4 is 10.6 Å². The standard InChI is InChI=1S/C20H17F3N4O/c21-15-6-12(7-16(22)19(15)23)9-27-10-18(25-11-27)26-20(28)14-3-4-17-13(8-14)2-1-5-24-17/h3-4,6-8,10-11,24H,1-2,5,9H2,(H,26,28). The molecule has 0 saturated carbocycles. The third kappa shape index (κ3) is 3.71. The van der Waals surface area contributed by atoms with Crippen molar-refractivity contribution in [2.45, 2.75) is 19.4 Å². The molecule has 0 saturated heterocycles. The molecule has 1 amide bonds. The van der Waals surface area contributed by atoms with Crippen molar-refractivity contribution < 1.29 is 18.0 Å². The van der Waals surface area contributed by atoms with E-state index < -0.39 is 17.5 Å². The molecule has 0 bridgehead atoms. The Labute approximate surface area is 159 Å². The van der Waals surface area contributed by atoms with E-state index in [2.05, 4.69) is 15.6 Å². The van der Waals surface area contributed by atoms with E-state index >= 15 is 0 Å². The molecule has 2 heterocycles. The zero-order chi connectivity index (χ0) is 19.7. The lowest BCUT2D eigenvalue weighted by molar-refractivity contribution is 0.102. The Hall–Kier alpha value is -3.29. The number of carbonyl (C=O) groups excluding carboxylic acids is 1. The molecule has 0 unspecified atom stereocenters. The molecule has 2 aromatic carbocycles. The topological polar surface area (TPSA) is 59.0 Å². The van der Waals surface area contributed by atoms with Crippen LogP contribution >= 0.6 is 0 Å². The molecule has 3 aromatic rings. The minimum atomic E-state index is -1.50. The van der Waals surface area contributed by atoms with Gasteiger partial charge in [0.1, 0.15) is 0 Å². The van der Waals surface area contributed by atoms with Crippen molar-refractivity contribution in [2.24, 2.45) is 0 Å². The van der Waals surface area contributed by atoms with Gasteiger partial charge in [0, 0.05) is 30.5 Å². The second kappa shape index (κ2) is 7.38. The van der Waals surface area contributed by atoms with Crippen LogP contribution in [0.2, 0.25) is 0 Å². The maximum Gasteiger partial charge on any atom is 0.256 e. The van der Waals surface area contributed by atoms with E-state index in [4.69, 9.17) is 0 Å². The number of halogens is 3. The van der Waals surface area contributed by atoms with Crippen LogP contribution in [0.1, 0.15) is 27.9 Å². The highest BCUT2D eigenvalue weighted by Crippen LogP contribution is 2.23. The predicted molar refractivity (Wildman–Crippen MR) is 98.9 cm³/mol. The summed E-state index contributed by atoms with van der Waals surface area (Å²) < 4.78 is 41.2. The number of carbonyl (C=O) groups is 1. The molecule has 1 aliphatic heterocycles. The molecular formula is C20H17F3N4O. The van der Waals surface area contributed by atoms with E-state index in [-0.39, 0.29) is 18.0 Å². The number of aromatic nitrogens is 2. The van der Waals surface area contributed by atoms with Crippen molar-refractivity contribution in [3.05, 3.63) is 77.0 Å². The van der Waals surface area contributed by atoms with Crippen LogP contribution in [0, 0.1) is 17.5 Å². The highest BCUT2D eigenvalue weighted by Gasteiger charge is 2.14. The normalized spacial score (nSPS) is 13.0. The number of rotatable bonds is 4. The highest BCUT2D eigenvalue weighted by molar-refractivity contribution is 6.04. The Bertz CT molecular complexity index is 1020. The summed E-state index contributed by atoms with van der Waals surface area (Å²) in [5.74, 6) is -3.97. The van der Waals surface area contributed by atoms with Gasteiger partial charge in [0.05, 0.1) is 6.33 Å². The van der Waals surface area contributed by atoms with Gasteiger partial charge in [-0.1, -0.05) is 0 Å². The largest absolute Gasteiger partial charge is 0.385 e. The molecule has 0 atom stereocenters. The number of imidazole rings is 1. The van der Waals surface area contributed by atoms with Crippen LogP contribution in [0.5, 0.6) is 0 Å². The fourth-order valence-corrected chi connectivity index (χ4v) is 3.23. The molecule has 4 rings (SSSR count). The maximum absolute atomic E-state index is 13.3. The van der Waals surface area contributed by atoms with E-state index in [9.17, 15) is 18.0 Å². The lowest BCUT2D eigenvalue weighted by atomic mass is 10.0. The lowest BCUT2D eigenvalue weighted by Crippen LogP contribution is -2.15. The number of aryl methyl sites for hydroxylation is 1. The van der Waals surface area contributed by atoms with Gasteiger partial charge in [-0.2, -0.15) is 0 Å². The number of nitrogens with zero attached hydrogens (tertiary/aromatic N) is 2. The van der Waals surface area contributed by atoms with Crippen molar-refractivity contribution in [2.75, 3.05) is 17.2 Å². The van der Waals surface area contributed by atoms with E-state index in [1.807, 2.05) is 12.1 Å². The summed E-state index contributed by atoms with van der Waals surface area (Å²) in [4.78, 5) is 16.6. The van der Waals surface area contributed by atoms with Gasteiger partial charge in [-0.05, 0) is 54.3 Å². The van der Waals surface area contributed by atoms with Crippen LogP contribution in [-0.4, -0.2) is 22.0 Å². The van der Waals surface area contributed by atoms with Gasteiger partial charge in [-0.25, -0.2) is 18.2 Å².